The van der Waals surface area contributed by atoms with Gasteiger partial charge in [0.2, 0.25) is 0 Å². The van der Waals surface area contributed by atoms with Crippen molar-refractivity contribution in [1.82, 2.24) is 0 Å². The summed E-state index contributed by atoms with van der Waals surface area (Å²) in [5.41, 5.74) is 0. The van der Waals surface area contributed by atoms with Gasteiger partial charge in [-0.05, 0) is 0 Å². The summed E-state index contributed by atoms with van der Waals surface area (Å²) in [5, 5.41) is 0. The molecule has 0 amide bonds. The monoisotopic (exact) mass is 336 g/mol. The number of halogens is 2. The molecular formula is C4H9Cl2SiTa-. The van der Waals surface area contributed by atoms with Crippen LogP contribution < -0.4 is 0 Å². The maximum absolute atomic E-state index is 5.50. The Morgan fingerprint density at radius 1 is 1.12 bits per heavy atom. The molecule has 4 heteroatoms. The molecule has 0 fully saturated rings. The fourth-order valence-corrected chi connectivity index (χ4v) is 0. The summed E-state index contributed by atoms with van der Waals surface area (Å²) in [4.78, 5) is 0. The molecule has 0 spiro atoms. The zero-order chi connectivity index (χ0) is 6.08. The van der Waals surface area contributed by atoms with Crippen LogP contribution in [0.2, 0.25) is 19.6 Å². The Labute approximate surface area is 77.5 Å². The fraction of sp³-hybridized carbons (Fsp3) is 0.750. The maximum atomic E-state index is 5.50. The summed E-state index contributed by atoms with van der Waals surface area (Å²) in [7, 11) is -1.29. The van der Waals surface area contributed by atoms with E-state index in [2.05, 4.69) is 19.6 Å². The Morgan fingerprint density at radius 3 is 1.25 bits per heavy atom. The van der Waals surface area contributed by atoms with Gasteiger partial charge in [-0.1, -0.05) is 27.7 Å². The average molecular weight is 337 g/mol. The smallest absolute Gasteiger partial charge is 0 e. The van der Waals surface area contributed by atoms with Crippen LogP contribution in [0, 0.1) is 4.46 Å². The van der Waals surface area contributed by atoms with Crippen molar-refractivity contribution in [3.05, 3.63) is 4.46 Å². The summed E-state index contributed by atoms with van der Waals surface area (Å²) in [6.45, 7) is 6.30. The van der Waals surface area contributed by atoms with Gasteiger partial charge in [-0.3, -0.25) is 0 Å². The van der Waals surface area contributed by atoms with Crippen LogP contribution in [0.1, 0.15) is 0 Å². The third kappa shape index (κ3) is 5.67. The molecule has 0 bridgehead atoms. The predicted molar refractivity (Wildman–Crippen MR) is 38.3 cm³/mol. The zero-order valence-electron chi connectivity index (χ0n) is 5.20. The standard InChI is InChI=1S/C4H9Cl2Si.Ta/c1-7(2,3)4(5)6;/h1-3H3;/q-1;. The molecule has 0 N–H and O–H groups in total. The second-order valence-electron chi connectivity index (χ2n) is 2.51. The number of hydrogen-bond acceptors (Lipinski definition) is 0. The van der Waals surface area contributed by atoms with Gasteiger partial charge in [-0.2, -0.15) is 0 Å². The first-order valence-electron chi connectivity index (χ1n) is 2.13. The molecule has 0 aromatic rings. The van der Waals surface area contributed by atoms with Gasteiger partial charge < -0.3 is 23.2 Å². The van der Waals surface area contributed by atoms with E-state index in [1.165, 1.54) is 0 Å². The minimum atomic E-state index is -1.29. The largest absolute Gasteiger partial charge is 0.331 e. The molecule has 0 aliphatic rings. The Morgan fingerprint density at radius 2 is 1.25 bits per heavy atom. The van der Waals surface area contributed by atoms with E-state index in [0.717, 1.165) is 0 Å². The van der Waals surface area contributed by atoms with E-state index in [4.69, 9.17) is 23.2 Å². The summed E-state index contributed by atoms with van der Waals surface area (Å²) < 4.78 is 0.576. The Kier molecular flexibility index (Phi) is 6.68. The Bertz CT molecular complexity index is 59.5. The summed E-state index contributed by atoms with van der Waals surface area (Å²) in [5.74, 6) is 0. The SMILES string of the molecule is C[Si](C)(C)[C-](Cl)Cl.[Ta]. The summed E-state index contributed by atoms with van der Waals surface area (Å²) in [6.07, 6.45) is 0. The third-order valence-corrected chi connectivity index (χ3v) is 5.10. The first-order valence-corrected chi connectivity index (χ1v) is 6.38. The van der Waals surface area contributed by atoms with Gasteiger partial charge >= 0.3 is 0 Å². The molecule has 0 saturated carbocycles. The Balaban J connectivity index is 0. The van der Waals surface area contributed by atoms with E-state index >= 15 is 0 Å². The number of rotatable bonds is 1. The van der Waals surface area contributed by atoms with Crippen LogP contribution in [-0.2, 0) is 22.4 Å². The van der Waals surface area contributed by atoms with E-state index in [1.54, 1.807) is 0 Å². The third-order valence-electron chi connectivity index (χ3n) is 0.567. The van der Waals surface area contributed by atoms with Gasteiger partial charge in [0.15, 0.2) is 0 Å². The minimum Gasteiger partial charge on any atom is -0.331 e. The maximum Gasteiger partial charge on any atom is 0 e. The molecule has 8 heavy (non-hydrogen) atoms. The van der Waals surface area contributed by atoms with Gasteiger partial charge in [0.1, 0.15) is 0 Å². The van der Waals surface area contributed by atoms with Crippen LogP contribution in [0.5, 0.6) is 0 Å². The topological polar surface area (TPSA) is 0 Å². The predicted octanol–water partition coefficient (Wildman–Crippen LogP) is 2.83. The average Bonchev–Trinajstić information content (AvgIpc) is 1.31. The van der Waals surface area contributed by atoms with Crippen molar-refractivity contribution in [3.8, 4) is 0 Å². The van der Waals surface area contributed by atoms with Gasteiger partial charge in [0.05, 0.1) is 0 Å². The first kappa shape index (κ1) is 12.2. The van der Waals surface area contributed by atoms with Crippen LogP contribution in [0.4, 0.5) is 0 Å². The minimum absolute atomic E-state index is 0. The molecule has 0 aromatic heterocycles. The normalized spacial score (nSPS) is 11.2. The zero-order valence-corrected chi connectivity index (χ0v) is 10.9. The van der Waals surface area contributed by atoms with Crippen molar-refractivity contribution < 1.29 is 22.4 Å². The van der Waals surface area contributed by atoms with Gasteiger partial charge in [0, 0.05) is 22.4 Å². The molecule has 0 heterocycles. The molecule has 49 valence electrons. The van der Waals surface area contributed by atoms with Crippen molar-refractivity contribution in [1.29, 1.82) is 0 Å². The van der Waals surface area contributed by atoms with Gasteiger partial charge in [-0.25, -0.2) is 0 Å². The van der Waals surface area contributed by atoms with Gasteiger partial charge in [0.25, 0.3) is 0 Å². The van der Waals surface area contributed by atoms with Crippen molar-refractivity contribution in [3.63, 3.8) is 0 Å². The number of hydrogen-bond donors (Lipinski definition) is 0. The van der Waals surface area contributed by atoms with E-state index in [1.807, 2.05) is 0 Å². The van der Waals surface area contributed by atoms with Crippen molar-refractivity contribution in [2.75, 3.05) is 0 Å². The molecule has 0 nitrogen and oxygen atoms in total. The van der Waals surface area contributed by atoms with Crippen LogP contribution in [0.3, 0.4) is 0 Å². The molecule has 0 saturated heterocycles. The van der Waals surface area contributed by atoms with E-state index in [9.17, 15) is 0 Å². The summed E-state index contributed by atoms with van der Waals surface area (Å²) in [6, 6.07) is 0. The molecule has 0 unspecified atom stereocenters. The second kappa shape index (κ2) is 4.37. The van der Waals surface area contributed by atoms with Crippen molar-refractivity contribution >= 4 is 31.3 Å². The van der Waals surface area contributed by atoms with Crippen LogP contribution in [0.15, 0.2) is 0 Å². The first-order chi connectivity index (χ1) is 2.94. The van der Waals surface area contributed by atoms with Crippen LogP contribution in [-0.4, -0.2) is 8.07 Å². The second-order valence-corrected chi connectivity index (χ2v) is 9.09. The van der Waals surface area contributed by atoms with E-state index in [-0.39, 0.29) is 22.4 Å². The molecule has 0 rings (SSSR count). The molecule has 0 aromatic carbocycles. The molecular weight excluding hydrogens is 328 g/mol. The van der Waals surface area contributed by atoms with Crippen LogP contribution in [0.25, 0.3) is 0 Å². The molecule has 0 aliphatic heterocycles. The van der Waals surface area contributed by atoms with E-state index in [0.29, 0.717) is 4.46 Å². The van der Waals surface area contributed by atoms with Gasteiger partial charge in [-0.15, -0.1) is 4.46 Å². The van der Waals surface area contributed by atoms with Crippen molar-refractivity contribution in [2.24, 2.45) is 0 Å². The molecule has 1 radical (unpaired) electrons. The summed E-state index contributed by atoms with van der Waals surface area (Å²) >= 11 is 11.0. The molecule has 0 aliphatic carbocycles. The fourth-order valence-electron chi connectivity index (χ4n) is 0. The molecule has 0 atom stereocenters. The van der Waals surface area contributed by atoms with E-state index < -0.39 is 8.07 Å². The quantitative estimate of drug-likeness (QED) is 0.510. The van der Waals surface area contributed by atoms with Crippen molar-refractivity contribution in [2.45, 2.75) is 19.6 Å². The Hall–Kier alpha value is 1.54. The van der Waals surface area contributed by atoms with Crippen LogP contribution >= 0.6 is 23.2 Å².